The van der Waals surface area contributed by atoms with Crippen LogP contribution in [0.5, 0.6) is 0 Å². The number of aromatic nitrogens is 5. The highest BCUT2D eigenvalue weighted by molar-refractivity contribution is 6.28. The minimum Gasteiger partial charge on any atom is -0.261 e. The molecule has 0 aromatic carbocycles. The molecule has 0 spiro atoms. The molecular weight excluding hydrogens is 293 g/mol. The number of nitrogens with zero attached hydrogens (tertiary/aromatic N) is 5. The number of halogens is 2. The second-order valence-corrected chi connectivity index (χ2v) is 5.41. The maximum absolute atomic E-state index is 13.3. The molecule has 0 unspecified atom stereocenters. The number of fused-ring (bicyclic) bond motifs is 3. The van der Waals surface area contributed by atoms with Gasteiger partial charge in [0.25, 0.3) is 0 Å². The molecule has 5 nitrogen and oxygen atoms in total. The predicted molar refractivity (Wildman–Crippen MR) is 75.6 cm³/mol. The van der Waals surface area contributed by atoms with Crippen LogP contribution in [0.15, 0.2) is 18.5 Å². The van der Waals surface area contributed by atoms with Crippen molar-refractivity contribution in [3.8, 4) is 11.4 Å². The van der Waals surface area contributed by atoms with Crippen molar-refractivity contribution >= 4 is 17.2 Å². The number of aryl methyl sites for hydroxylation is 2. The van der Waals surface area contributed by atoms with Gasteiger partial charge in [0.2, 0.25) is 5.28 Å². The summed E-state index contributed by atoms with van der Waals surface area (Å²) in [4.78, 5) is 12.5. The van der Waals surface area contributed by atoms with Crippen molar-refractivity contribution in [1.82, 2.24) is 24.6 Å². The van der Waals surface area contributed by atoms with Crippen molar-refractivity contribution in [2.75, 3.05) is 0 Å². The van der Waals surface area contributed by atoms with Crippen LogP contribution in [-0.4, -0.2) is 24.6 Å². The first-order chi connectivity index (χ1) is 10.2. The van der Waals surface area contributed by atoms with Gasteiger partial charge in [0.05, 0.1) is 11.9 Å². The van der Waals surface area contributed by atoms with Gasteiger partial charge in [-0.25, -0.2) is 9.37 Å². The first-order valence-corrected chi connectivity index (χ1v) is 7.15. The summed E-state index contributed by atoms with van der Waals surface area (Å²) in [5.74, 6) is -0.0598. The van der Waals surface area contributed by atoms with E-state index in [0.717, 1.165) is 43.1 Å². The van der Waals surface area contributed by atoms with Crippen LogP contribution in [0.4, 0.5) is 4.39 Å². The van der Waals surface area contributed by atoms with Crippen LogP contribution in [0.25, 0.3) is 17.0 Å². The normalized spacial score (nSPS) is 14.4. The zero-order chi connectivity index (χ0) is 14.4. The van der Waals surface area contributed by atoms with Gasteiger partial charge in [-0.05, 0) is 43.4 Å². The van der Waals surface area contributed by atoms with Gasteiger partial charge in [-0.3, -0.25) is 4.98 Å². The van der Waals surface area contributed by atoms with Crippen molar-refractivity contribution < 1.29 is 4.39 Å². The standard InChI is InChI=1S/C14H11ClFN5/c15-14-19-12(8-5-9(16)7-17-6-8)18-13-10-3-1-2-4-11(10)20-21(13)14/h5-7H,1-4H2. The van der Waals surface area contributed by atoms with Gasteiger partial charge in [-0.2, -0.15) is 14.6 Å². The molecule has 3 heterocycles. The molecule has 0 atom stereocenters. The van der Waals surface area contributed by atoms with Gasteiger partial charge in [-0.15, -0.1) is 0 Å². The Hall–Kier alpha value is -2.08. The van der Waals surface area contributed by atoms with Crippen LogP contribution in [0.1, 0.15) is 24.1 Å². The molecule has 21 heavy (non-hydrogen) atoms. The quantitative estimate of drug-likeness (QED) is 0.693. The molecule has 1 aliphatic rings. The van der Waals surface area contributed by atoms with Gasteiger partial charge in [0.15, 0.2) is 11.5 Å². The van der Waals surface area contributed by atoms with Crippen LogP contribution in [0.3, 0.4) is 0 Å². The molecule has 0 radical (unpaired) electrons. The molecule has 0 bridgehead atoms. The number of hydrogen-bond donors (Lipinski definition) is 0. The lowest BCUT2D eigenvalue weighted by molar-refractivity contribution is 0.622. The van der Waals surface area contributed by atoms with Crippen LogP contribution in [0.2, 0.25) is 5.28 Å². The highest BCUT2D eigenvalue weighted by Crippen LogP contribution is 2.27. The molecule has 0 amide bonds. The molecule has 0 fully saturated rings. The second kappa shape index (κ2) is 4.73. The molecule has 7 heteroatoms. The highest BCUT2D eigenvalue weighted by Gasteiger charge is 2.20. The summed E-state index contributed by atoms with van der Waals surface area (Å²) >= 11 is 6.21. The van der Waals surface area contributed by atoms with Crippen LogP contribution in [0, 0.1) is 5.82 Å². The van der Waals surface area contributed by atoms with E-state index in [1.165, 1.54) is 12.3 Å². The van der Waals surface area contributed by atoms with E-state index < -0.39 is 5.82 Å². The minimum atomic E-state index is -0.428. The zero-order valence-corrected chi connectivity index (χ0v) is 11.8. The van der Waals surface area contributed by atoms with Gasteiger partial charge < -0.3 is 0 Å². The third kappa shape index (κ3) is 2.06. The van der Waals surface area contributed by atoms with E-state index in [4.69, 9.17) is 11.6 Å². The fourth-order valence-corrected chi connectivity index (χ4v) is 2.90. The van der Waals surface area contributed by atoms with Crippen LogP contribution >= 0.6 is 11.6 Å². The topological polar surface area (TPSA) is 56.0 Å². The second-order valence-electron chi connectivity index (χ2n) is 5.08. The summed E-state index contributed by atoms with van der Waals surface area (Å²) in [7, 11) is 0. The Morgan fingerprint density at radius 3 is 2.86 bits per heavy atom. The molecule has 4 rings (SSSR count). The Kier molecular flexibility index (Phi) is 2.85. The maximum atomic E-state index is 13.3. The Bertz CT molecular complexity index is 845. The monoisotopic (exact) mass is 303 g/mol. The molecule has 0 N–H and O–H groups in total. The lowest BCUT2D eigenvalue weighted by atomic mass is 9.98. The summed E-state index contributed by atoms with van der Waals surface area (Å²) in [6.45, 7) is 0. The SMILES string of the molecule is Fc1cncc(-c2nc(Cl)n3nc4c(c3n2)CCCC4)c1. The van der Waals surface area contributed by atoms with Gasteiger partial charge in [-0.1, -0.05) is 0 Å². The smallest absolute Gasteiger partial charge is 0.227 e. The molecule has 0 aliphatic heterocycles. The predicted octanol–water partition coefficient (Wildman–Crippen LogP) is 2.86. The van der Waals surface area contributed by atoms with E-state index >= 15 is 0 Å². The van der Waals surface area contributed by atoms with Crippen LogP contribution in [-0.2, 0) is 12.8 Å². The summed E-state index contributed by atoms with van der Waals surface area (Å²) in [5.41, 5.74) is 3.37. The van der Waals surface area contributed by atoms with Crippen molar-refractivity contribution in [2.24, 2.45) is 0 Å². The molecule has 3 aromatic rings. The minimum absolute atomic E-state index is 0.230. The van der Waals surface area contributed by atoms with E-state index in [1.807, 2.05) is 0 Å². The Morgan fingerprint density at radius 1 is 1.14 bits per heavy atom. The number of hydrogen-bond acceptors (Lipinski definition) is 4. The maximum Gasteiger partial charge on any atom is 0.227 e. The Balaban J connectivity index is 1.95. The van der Waals surface area contributed by atoms with Crippen molar-refractivity contribution in [2.45, 2.75) is 25.7 Å². The van der Waals surface area contributed by atoms with Gasteiger partial charge in [0, 0.05) is 17.3 Å². The molecule has 0 saturated heterocycles. The fourth-order valence-electron chi connectivity index (χ4n) is 2.70. The molecular formula is C14H11ClFN5. The molecule has 1 aliphatic carbocycles. The lowest BCUT2D eigenvalue weighted by Gasteiger charge is -2.08. The van der Waals surface area contributed by atoms with E-state index in [0.29, 0.717) is 17.0 Å². The van der Waals surface area contributed by atoms with E-state index in [9.17, 15) is 4.39 Å². The third-order valence-electron chi connectivity index (χ3n) is 3.68. The van der Waals surface area contributed by atoms with Crippen molar-refractivity contribution in [3.05, 3.63) is 40.8 Å². The Labute approximate surface area is 124 Å². The Morgan fingerprint density at radius 2 is 2.00 bits per heavy atom. The number of rotatable bonds is 1. The van der Waals surface area contributed by atoms with Gasteiger partial charge in [0.1, 0.15) is 5.82 Å². The average molecular weight is 304 g/mol. The van der Waals surface area contributed by atoms with Gasteiger partial charge >= 0.3 is 0 Å². The van der Waals surface area contributed by atoms with Crippen molar-refractivity contribution in [1.29, 1.82) is 0 Å². The molecule has 0 saturated carbocycles. The summed E-state index contributed by atoms with van der Waals surface area (Å²) in [5, 5.41) is 4.71. The van der Waals surface area contributed by atoms with Crippen molar-refractivity contribution in [3.63, 3.8) is 0 Å². The van der Waals surface area contributed by atoms with E-state index in [1.54, 1.807) is 4.52 Å². The summed E-state index contributed by atoms with van der Waals surface area (Å²) in [6, 6.07) is 1.35. The largest absolute Gasteiger partial charge is 0.261 e. The zero-order valence-electron chi connectivity index (χ0n) is 11.1. The fraction of sp³-hybridized carbons (Fsp3) is 0.286. The van der Waals surface area contributed by atoms with Crippen LogP contribution < -0.4 is 0 Å². The average Bonchev–Trinajstić information content (AvgIpc) is 2.87. The number of pyridine rings is 1. The van der Waals surface area contributed by atoms with E-state index in [2.05, 4.69) is 20.1 Å². The first kappa shape index (κ1) is 12.6. The summed E-state index contributed by atoms with van der Waals surface area (Å²) < 4.78 is 14.9. The highest BCUT2D eigenvalue weighted by atomic mass is 35.5. The first-order valence-electron chi connectivity index (χ1n) is 6.77. The third-order valence-corrected chi connectivity index (χ3v) is 3.92. The molecule has 3 aromatic heterocycles. The molecule has 106 valence electrons. The lowest BCUT2D eigenvalue weighted by Crippen LogP contribution is -2.01. The summed E-state index contributed by atoms with van der Waals surface area (Å²) in [6.07, 6.45) is 6.78. The van der Waals surface area contributed by atoms with E-state index in [-0.39, 0.29) is 5.28 Å².